The maximum Gasteiger partial charge on any atom is 0.250 e. The molecule has 4 nitrogen and oxygen atoms in total. The van der Waals surface area contributed by atoms with Crippen molar-refractivity contribution in [2.75, 3.05) is 6.61 Å². The molecule has 106 valence electrons. The molecule has 1 aromatic heterocycles. The molecule has 2 N–H and O–H groups in total. The van der Waals surface area contributed by atoms with Gasteiger partial charge in [-0.1, -0.05) is 28.1 Å². The molecule has 1 heterocycles. The molecular weight excluding hydrogens is 320 g/mol. The fourth-order valence-electron chi connectivity index (χ4n) is 1.91. The Balaban J connectivity index is 2.06. The van der Waals surface area contributed by atoms with Crippen molar-refractivity contribution in [3.63, 3.8) is 0 Å². The lowest BCUT2D eigenvalue weighted by molar-refractivity contribution is 0.292. The predicted octanol–water partition coefficient (Wildman–Crippen LogP) is 2.71. The first-order chi connectivity index (χ1) is 9.58. The minimum atomic E-state index is -0.0995. The van der Waals surface area contributed by atoms with Crippen LogP contribution in [0.3, 0.4) is 0 Å². The topological polar surface area (TPSA) is 57.2 Å². The van der Waals surface area contributed by atoms with Crippen LogP contribution in [0.15, 0.2) is 51.9 Å². The Morgan fingerprint density at radius 3 is 2.85 bits per heavy atom. The van der Waals surface area contributed by atoms with Crippen molar-refractivity contribution >= 4 is 15.9 Å². The molecule has 0 spiro atoms. The zero-order valence-electron chi connectivity index (χ0n) is 11.3. The summed E-state index contributed by atoms with van der Waals surface area (Å²) in [7, 11) is 0. The van der Waals surface area contributed by atoms with Crippen molar-refractivity contribution in [2.45, 2.75) is 19.5 Å². The highest BCUT2D eigenvalue weighted by molar-refractivity contribution is 9.10. The van der Waals surface area contributed by atoms with Crippen LogP contribution in [0.5, 0.6) is 5.75 Å². The van der Waals surface area contributed by atoms with Gasteiger partial charge in [-0.15, -0.1) is 0 Å². The molecule has 2 aromatic rings. The van der Waals surface area contributed by atoms with E-state index in [0.29, 0.717) is 13.2 Å². The third-order valence-electron chi connectivity index (χ3n) is 2.95. The van der Waals surface area contributed by atoms with Gasteiger partial charge >= 0.3 is 0 Å². The van der Waals surface area contributed by atoms with E-state index in [-0.39, 0.29) is 11.6 Å². The SMILES string of the molecule is C[C@H](N)c1ccc(Br)cc1OCCn1ccccc1=O. The summed E-state index contributed by atoms with van der Waals surface area (Å²) in [5.41, 5.74) is 6.84. The predicted molar refractivity (Wildman–Crippen MR) is 82.9 cm³/mol. The van der Waals surface area contributed by atoms with Gasteiger partial charge in [0.05, 0.1) is 6.54 Å². The highest BCUT2D eigenvalue weighted by Crippen LogP contribution is 2.27. The largest absolute Gasteiger partial charge is 0.491 e. The molecule has 0 unspecified atom stereocenters. The number of nitrogens with two attached hydrogens (primary N) is 1. The van der Waals surface area contributed by atoms with Gasteiger partial charge in [-0.3, -0.25) is 4.79 Å². The summed E-state index contributed by atoms with van der Waals surface area (Å²) in [4.78, 5) is 11.6. The second kappa shape index (κ2) is 6.72. The molecule has 2 rings (SSSR count). The molecule has 0 fully saturated rings. The van der Waals surface area contributed by atoms with E-state index < -0.39 is 0 Å². The second-order valence-corrected chi connectivity index (χ2v) is 5.47. The van der Waals surface area contributed by atoms with Crippen LogP contribution in [0.4, 0.5) is 0 Å². The lowest BCUT2D eigenvalue weighted by Gasteiger charge is -2.15. The maximum absolute atomic E-state index is 11.6. The molecule has 0 aliphatic heterocycles. The summed E-state index contributed by atoms with van der Waals surface area (Å²) in [5, 5.41) is 0. The Morgan fingerprint density at radius 1 is 1.35 bits per heavy atom. The number of halogens is 1. The minimum absolute atomic E-state index is 0.0299. The van der Waals surface area contributed by atoms with Gasteiger partial charge in [-0.05, 0) is 25.1 Å². The Bertz CT molecular complexity index is 638. The average molecular weight is 337 g/mol. The number of aromatic nitrogens is 1. The Labute approximate surface area is 126 Å². The third-order valence-corrected chi connectivity index (χ3v) is 3.45. The molecular formula is C15H17BrN2O2. The summed E-state index contributed by atoms with van der Waals surface area (Å²) in [5.74, 6) is 0.748. The first-order valence-electron chi connectivity index (χ1n) is 6.41. The van der Waals surface area contributed by atoms with Crippen LogP contribution in [0.25, 0.3) is 0 Å². The highest BCUT2D eigenvalue weighted by atomic mass is 79.9. The summed E-state index contributed by atoms with van der Waals surface area (Å²) >= 11 is 3.42. The number of hydrogen-bond donors (Lipinski definition) is 1. The minimum Gasteiger partial charge on any atom is -0.491 e. The van der Waals surface area contributed by atoms with Crippen molar-refractivity contribution in [3.05, 3.63) is 63.0 Å². The highest BCUT2D eigenvalue weighted by Gasteiger charge is 2.08. The van der Waals surface area contributed by atoms with E-state index in [0.717, 1.165) is 15.8 Å². The maximum atomic E-state index is 11.6. The van der Waals surface area contributed by atoms with E-state index in [9.17, 15) is 4.79 Å². The van der Waals surface area contributed by atoms with Crippen LogP contribution in [-0.2, 0) is 6.54 Å². The van der Waals surface area contributed by atoms with E-state index >= 15 is 0 Å². The molecule has 20 heavy (non-hydrogen) atoms. The molecule has 1 atom stereocenters. The van der Waals surface area contributed by atoms with Gasteiger partial charge in [0, 0.05) is 28.3 Å². The summed E-state index contributed by atoms with van der Waals surface area (Å²) in [6.45, 7) is 2.84. The Kier molecular flexibility index (Phi) is 4.98. The van der Waals surface area contributed by atoms with Crippen molar-refractivity contribution in [1.82, 2.24) is 4.57 Å². The fraction of sp³-hybridized carbons (Fsp3) is 0.267. The summed E-state index contributed by atoms with van der Waals surface area (Å²) in [6.07, 6.45) is 1.75. The van der Waals surface area contributed by atoms with Gasteiger partial charge in [0.15, 0.2) is 0 Å². The molecule has 0 radical (unpaired) electrons. The summed E-state index contributed by atoms with van der Waals surface area (Å²) in [6, 6.07) is 10.8. The van der Waals surface area contributed by atoms with Gasteiger partial charge in [-0.25, -0.2) is 0 Å². The molecule has 0 saturated heterocycles. The number of nitrogens with zero attached hydrogens (tertiary/aromatic N) is 1. The Hall–Kier alpha value is -1.59. The molecule has 0 amide bonds. The van der Waals surface area contributed by atoms with Crippen molar-refractivity contribution in [2.24, 2.45) is 5.73 Å². The van der Waals surface area contributed by atoms with Crippen LogP contribution in [0.2, 0.25) is 0 Å². The number of pyridine rings is 1. The first-order valence-corrected chi connectivity index (χ1v) is 7.20. The van der Waals surface area contributed by atoms with Gasteiger partial charge in [0.1, 0.15) is 12.4 Å². The Morgan fingerprint density at radius 2 is 2.15 bits per heavy atom. The number of hydrogen-bond acceptors (Lipinski definition) is 3. The average Bonchev–Trinajstić information content (AvgIpc) is 2.41. The monoisotopic (exact) mass is 336 g/mol. The summed E-state index contributed by atoms with van der Waals surface area (Å²) < 4.78 is 8.32. The molecule has 1 aromatic carbocycles. The molecule has 0 saturated carbocycles. The number of rotatable bonds is 5. The van der Waals surface area contributed by atoms with E-state index in [4.69, 9.17) is 10.5 Å². The van der Waals surface area contributed by atoms with E-state index in [2.05, 4.69) is 15.9 Å². The quantitative estimate of drug-likeness (QED) is 0.913. The molecule has 5 heteroatoms. The lowest BCUT2D eigenvalue weighted by atomic mass is 10.1. The van der Waals surface area contributed by atoms with Crippen molar-refractivity contribution < 1.29 is 4.74 Å². The van der Waals surface area contributed by atoms with Gasteiger partial charge in [0.2, 0.25) is 0 Å². The third kappa shape index (κ3) is 3.71. The van der Waals surface area contributed by atoms with Gasteiger partial charge in [0.25, 0.3) is 5.56 Å². The van der Waals surface area contributed by atoms with E-state index in [1.165, 1.54) is 6.07 Å². The van der Waals surface area contributed by atoms with E-state index in [1.807, 2.05) is 31.2 Å². The zero-order valence-corrected chi connectivity index (χ0v) is 12.8. The molecule has 0 aliphatic rings. The lowest BCUT2D eigenvalue weighted by Crippen LogP contribution is -2.21. The van der Waals surface area contributed by atoms with Crippen molar-refractivity contribution in [1.29, 1.82) is 0 Å². The van der Waals surface area contributed by atoms with Crippen LogP contribution in [0, 0.1) is 0 Å². The van der Waals surface area contributed by atoms with Crippen LogP contribution >= 0.6 is 15.9 Å². The van der Waals surface area contributed by atoms with Crippen molar-refractivity contribution in [3.8, 4) is 5.75 Å². The first kappa shape index (κ1) is 14.8. The number of benzene rings is 1. The van der Waals surface area contributed by atoms with Crippen LogP contribution in [0.1, 0.15) is 18.5 Å². The van der Waals surface area contributed by atoms with Crippen LogP contribution < -0.4 is 16.0 Å². The fourth-order valence-corrected chi connectivity index (χ4v) is 2.25. The molecule has 0 aliphatic carbocycles. The van der Waals surface area contributed by atoms with Gasteiger partial charge in [-0.2, -0.15) is 0 Å². The van der Waals surface area contributed by atoms with E-state index in [1.54, 1.807) is 16.8 Å². The second-order valence-electron chi connectivity index (χ2n) is 4.55. The normalized spacial score (nSPS) is 12.2. The smallest absolute Gasteiger partial charge is 0.250 e. The standard InChI is InChI=1S/C15H17BrN2O2/c1-11(17)13-6-5-12(16)10-14(13)20-9-8-18-7-3-2-4-15(18)19/h2-7,10-11H,8-9,17H2,1H3/t11-/m0/s1. The molecule has 0 bridgehead atoms. The zero-order chi connectivity index (χ0) is 14.5. The van der Waals surface area contributed by atoms with Gasteiger partial charge < -0.3 is 15.0 Å². The number of ether oxygens (including phenoxy) is 1. The van der Waals surface area contributed by atoms with Crippen LogP contribution in [-0.4, -0.2) is 11.2 Å².